The molecule has 1 aliphatic heterocycles. The maximum absolute atomic E-state index is 11.9. The summed E-state index contributed by atoms with van der Waals surface area (Å²) in [6.45, 7) is 2.59. The lowest BCUT2D eigenvalue weighted by atomic mass is 9.87. The van der Waals surface area contributed by atoms with Crippen LogP contribution in [0.1, 0.15) is 30.3 Å². The number of hydroxylamine groups is 1. The number of amides is 1. The van der Waals surface area contributed by atoms with E-state index in [2.05, 4.69) is 33.6 Å². The van der Waals surface area contributed by atoms with Crippen molar-refractivity contribution in [3.8, 4) is 23.7 Å². The third kappa shape index (κ3) is 5.45. The third-order valence-corrected chi connectivity index (χ3v) is 7.16. The maximum atomic E-state index is 11.9. The van der Waals surface area contributed by atoms with E-state index in [1.165, 1.54) is 18.3 Å². The smallest absolute Gasteiger partial charge is 0.250 e. The first-order valence-corrected chi connectivity index (χ1v) is 11.5. The van der Waals surface area contributed by atoms with Crippen LogP contribution in [0.5, 0.6) is 0 Å². The minimum absolute atomic E-state index is 0.241. The van der Waals surface area contributed by atoms with Gasteiger partial charge in [0.1, 0.15) is 0 Å². The fraction of sp³-hybridized carbons (Fsp3) is 0.429. The Morgan fingerprint density at radius 2 is 2.30 bits per heavy atom. The van der Waals surface area contributed by atoms with Crippen molar-refractivity contribution in [2.75, 3.05) is 19.3 Å². The minimum Gasteiger partial charge on any atom is -0.772 e. The van der Waals surface area contributed by atoms with Crippen molar-refractivity contribution in [3.63, 3.8) is 0 Å². The zero-order valence-corrected chi connectivity index (χ0v) is 18.4. The summed E-state index contributed by atoms with van der Waals surface area (Å²) in [5, 5.41) is 9.72. The maximum Gasteiger partial charge on any atom is 0.250 e. The quantitative estimate of drug-likeness (QED) is 0.304. The zero-order valence-electron chi connectivity index (χ0n) is 16.7. The summed E-state index contributed by atoms with van der Waals surface area (Å²) in [6.07, 6.45) is 1.75. The average molecular weight is 445 g/mol. The van der Waals surface area contributed by atoms with Crippen LogP contribution >= 0.6 is 11.3 Å². The number of fused-ring (bicyclic) bond motifs is 1. The SMILES string of the molecule is CN1CC[C@H]1C#CC#Cc1ccc2nc(CC[C@@](C)(CS(=O)[O-])C(=O)NO)sc2c1. The van der Waals surface area contributed by atoms with Crippen molar-refractivity contribution >= 4 is 38.5 Å². The number of carbonyl (C=O) groups excluding carboxylic acids is 1. The van der Waals surface area contributed by atoms with E-state index in [0.29, 0.717) is 12.5 Å². The topological polar surface area (TPSA) is 106 Å². The van der Waals surface area contributed by atoms with Crippen LogP contribution in [0, 0.1) is 29.1 Å². The predicted octanol–water partition coefficient (Wildman–Crippen LogP) is 1.68. The molecule has 3 rings (SSSR count). The van der Waals surface area contributed by atoms with E-state index >= 15 is 0 Å². The molecule has 2 heterocycles. The third-order valence-electron chi connectivity index (χ3n) is 5.20. The number of aryl methyl sites for hydroxylation is 1. The molecule has 1 aromatic heterocycles. The van der Waals surface area contributed by atoms with Gasteiger partial charge in [0.2, 0.25) is 5.91 Å². The number of nitrogens with one attached hydrogen (secondary N) is 1. The normalized spacial score (nSPS) is 18.9. The molecule has 2 N–H and O–H groups in total. The lowest BCUT2D eigenvalue weighted by Gasteiger charge is -2.33. The molecule has 1 aliphatic rings. The van der Waals surface area contributed by atoms with E-state index in [1.807, 2.05) is 25.2 Å². The minimum atomic E-state index is -2.41. The molecule has 0 radical (unpaired) electrons. The molecule has 1 unspecified atom stereocenters. The summed E-state index contributed by atoms with van der Waals surface area (Å²) in [7, 11) is 2.05. The standard InChI is InChI=1S/C21H23N3O4S2/c1-21(14-30(27)28,20(25)23-26)11-9-19-22-17-8-7-15(13-18(17)29-19)5-3-4-6-16-10-12-24(16)2/h7-8,13,16,26H,9-12,14H2,1-2H3,(H,23,25)(H,27,28)/p-1/t16-,21+/m1/s1. The number of hydrogen-bond acceptors (Lipinski definition) is 7. The summed E-state index contributed by atoms with van der Waals surface area (Å²) in [5.74, 6) is 10.9. The van der Waals surface area contributed by atoms with Crippen LogP contribution in [0.2, 0.25) is 0 Å². The van der Waals surface area contributed by atoms with Gasteiger partial charge in [0.05, 0.1) is 26.7 Å². The van der Waals surface area contributed by atoms with Crippen molar-refractivity contribution < 1.29 is 18.8 Å². The number of rotatable bonds is 6. The van der Waals surface area contributed by atoms with Gasteiger partial charge in [0, 0.05) is 24.3 Å². The summed E-state index contributed by atoms with van der Waals surface area (Å²) >= 11 is -0.929. The molecule has 1 amide bonds. The second-order valence-electron chi connectivity index (χ2n) is 7.54. The molecule has 2 aromatic rings. The summed E-state index contributed by atoms with van der Waals surface area (Å²) in [5.41, 5.74) is 2.00. The highest BCUT2D eigenvalue weighted by atomic mass is 32.2. The average Bonchev–Trinajstić information content (AvgIpc) is 3.12. The zero-order chi connectivity index (χ0) is 21.7. The van der Waals surface area contributed by atoms with Crippen LogP contribution in [-0.2, 0) is 22.3 Å². The van der Waals surface area contributed by atoms with Gasteiger partial charge in [-0.1, -0.05) is 22.9 Å². The van der Waals surface area contributed by atoms with Crippen molar-refractivity contribution in [1.82, 2.24) is 15.4 Å². The molecule has 0 saturated carbocycles. The number of aromatic nitrogens is 1. The number of likely N-dealkylation sites (tertiary alicyclic amines) is 1. The van der Waals surface area contributed by atoms with Crippen LogP contribution in [0.25, 0.3) is 10.2 Å². The van der Waals surface area contributed by atoms with Crippen LogP contribution in [0.15, 0.2) is 18.2 Å². The Balaban J connectivity index is 1.70. The summed E-state index contributed by atoms with van der Waals surface area (Å²) in [6, 6.07) is 6.04. The number of nitrogens with zero attached hydrogens (tertiary/aromatic N) is 2. The fourth-order valence-electron chi connectivity index (χ4n) is 3.11. The van der Waals surface area contributed by atoms with Crippen LogP contribution in [-0.4, -0.2) is 55.1 Å². The van der Waals surface area contributed by atoms with Crippen molar-refractivity contribution in [2.24, 2.45) is 5.41 Å². The van der Waals surface area contributed by atoms with Gasteiger partial charge >= 0.3 is 0 Å². The molecule has 1 fully saturated rings. The molecule has 1 saturated heterocycles. The molecule has 30 heavy (non-hydrogen) atoms. The van der Waals surface area contributed by atoms with Gasteiger partial charge in [-0.15, -0.1) is 11.3 Å². The van der Waals surface area contributed by atoms with E-state index in [0.717, 1.165) is 33.8 Å². The molecule has 0 spiro atoms. The van der Waals surface area contributed by atoms with Gasteiger partial charge in [-0.2, -0.15) is 0 Å². The molecular weight excluding hydrogens is 422 g/mol. The number of benzene rings is 1. The van der Waals surface area contributed by atoms with Gasteiger partial charge in [0.15, 0.2) is 0 Å². The van der Waals surface area contributed by atoms with Crippen molar-refractivity contribution in [2.45, 2.75) is 32.2 Å². The van der Waals surface area contributed by atoms with E-state index in [1.54, 1.807) is 5.48 Å². The van der Waals surface area contributed by atoms with Crippen LogP contribution in [0.4, 0.5) is 0 Å². The molecule has 0 aliphatic carbocycles. The Morgan fingerprint density at radius 1 is 1.50 bits per heavy atom. The molecule has 3 atom stereocenters. The molecular formula is C21H22N3O4S2-. The monoisotopic (exact) mass is 444 g/mol. The molecule has 1 aromatic carbocycles. The summed E-state index contributed by atoms with van der Waals surface area (Å²) in [4.78, 5) is 18.7. The number of thiazole rings is 1. The lowest BCUT2D eigenvalue weighted by molar-refractivity contribution is -0.138. The first kappa shape index (κ1) is 22.4. The molecule has 9 heteroatoms. The highest BCUT2D eigenvalue weighted by Gasteiger charge is 2.33. The van der Waals surface area contributed by atoms with E-state index in [-0.39, 0.29) is 12.2 Å². The van der Waals surface area contributed by atoms with Gasteiger partial charge in [-0.05, 0) is 56.9 Å². The Hall–Kier alpha value is -2.27. The Labute approximate surface area is 182 Å². The van der Waals surface area contributed by atoms with Crippen LogP contribution < -0.4 is 5.48 Å². The van der Waals surface area contributed by atoms with E-state index in [9.17, 15) is 13.6 Å². The van der Waals surface area contributed by atoms with Gasteiger partial charge < -0.3 is 4.55 Å². The molecule has 7 nitrogen and oxygen atoms in total. The molecule has 0 bridgehead atoms. The van der Waals surface area contributed by atoms with Gasteiger partial charge in [0.25, 0.3) is 0 Å². The second kappa shape index (κ2) is 9.69. The van der Waals surface area contributed by atoms with Crippen molar-refractivity contribution in [1.29, 1.82) is 0 Å². The Morgan fingerprint density at radius 3 is 2.93 bits per heavy atom. The second-order valence-corrected chi connectivity index (χ2v) is 9.56. The highest BCUT2D eigenvalue weighted by molar-refractivity contribution is 7.79. The predicted molar refractivity (Wildman–Crippen MR) is 115 cm³/mol. The van der Waals surface area contributed by atoms with Crippen LogP contribution in [0.3, 0.4) is 0 Å². The van der Waals surface area contributed by atoms with E-state index < -0.39 is 22.4 Å². The first-order valence-electron chi connectivity index (χ1n) is 9.42. The Bertz CT molecular complexity index is 1090. The highest BCUT2D eigenvalue weighted by Crippen LogP contribution is 2.29. The first-order chi connectivity index (χ1) is 14.3. The fourth-order valence-corrected chi connectivity index (χ4v) is 4.91. The van der Waals surface area contributed by atoms with Crippen molar-refractivity contribution in [3.05, 3.63) is 28.8 Å². The molecule has 158 valence electrons. The largest absolute Gasteiger partial charge is 0.772 e. The van der Waals surface area contributed by atoms with E-state index in [4.69, 9.17) is 5.21 Å². The van der Waals surface area contributed by atoms with Gasteiger partial charge in [-0.25, -0.2) is 10.5 Å². The summed E-state index contributed by atoms with van der Waals surface area (Å²) < 4.78 is 23.2. The van der Waals surface area contributed by atoms with Gasteiger partial charge in [-0.3, -0.25) is 19.1 Å². The number of hydrogen-bond donors (Lipinski definition) is 2. The lowest BCUT2D eigenvalue weighted by Crippen LogP contribution is -2.43. The Kier molecular flexibility index (Phi) is 7.24. The number of carbonyl (C=O) groups is 1.